The molecule has 1 unspecified atom stereocenters. The number of rotatable bonds is 2. The smallest absolute Gasteiger partial charge is 0.130 e. The Morgan fingerprint density at radius 2 is 1.89 bits per heavy atom. The molecule has 0 heterocycles. The van der Waals surface area contributed by atoms with Crippen LogP contribution in [0.4, 0.5) is 4.39 Å². The minimum atomic E-state index is -1.07. The molecule has 0 amide bonds. The summed E-state index contributed by atoms with van der Waals surface area (Å²) >= 11 is 12.5. The summed E-state index contributed by atoms with van der Waals surface area (Å²) in [7, 11) is 0. The molecule has 0 aliphatic carbocycles. The predicted octanol–water partition coefficient (Wildman–Crippen LogP) is 5.39. The third kappa shape index (κ3) is 3.02. The molecule has 0 saturated carbocycles. The average molecular weight is 408 g/mol. The van der Waals surface area contributed by atoms with Gasteiger partial charge in [-0.15, -0.1) is 0 Å². The monoisotopic (exact) mass is 406 g/mol. The lowest BCUT2D eigenvalue weighted by molar-refractivity contribution is 0.214. The molecule has 0 radical (unpaired) electrons. The first kappa shape index (κ1) is 15.0. The lowest BCUT2D eigenvalue weighted by atomic mass is 9.99. The average Bonchev–Trinajstić information content (AvgIpc) is 2.36. The van der Waals surface area contributed by atoms with Gasteiger partial charge < -0.3 is 5.11 Å². The summed E-state index contributed by atoms with van der Waals surface area (Å²) in [5, 5.41) is 10.7. The molecule has 1 N–H and O–H groups in total. The van der Waals surface area contributed by atoms with E-state index in [0.717, 1.165) is 10.0 Å². The van der Waals surface area contributed by atoms with Crippen LogP contribution in [0.15, 0.2) is 39.3 Å². The summed E-state index contributed by atoms with van der Waals surface area (Å²) < 4.78 is 15.2. The number of hydrogen-bond acceptors (Lipinski definition) is 1. The minimum Gasteiger partial charge on any atom is -0.384 e. The summed E-state index contributed by atoms with van der Waals surface area (Å²) in [6, 6.07) is 8.16. The van der Waals surface area contributed by atoms with Gasteiger partial charge in [-0.05, 0) is 46.1 Å². The van der Waals surface area contributed by atoms with Crippen LogP contribution in [0.5, 0.6) is 0 Å². The van der Waals surface area contributed by atoms with Gasteiger partial charge in [-0.1, -0.05) is 45.7 Å². The Bertz CT molecular complexity index is 631. The van der Waals surface area contributed by atoms with E-state index in [2.05, 4.69) is 31.9 Å². The Morgan fingerprint density at radius 1 is 1.21 bits per heavy atom. The van der Waals surface area contributed by atoms with E-state index in [1.54, 1.807) is 6.07 Å². The van der Waals surface area contributed by atoms with Gasteiger partial charge in [0, 0.05) is 14.5 Å². The highest BCUT2D eigenvalue weighted by Crippen LogP contribution is 2.35. The van der Waals surface area contributed by atoms with Crippen molar-refractivity contribution in [3.63, 3.8) is 0 Å². The Labute approximate surface area is 132 Å². The molecule has 0 saturated heterocycles. The fourth-order valence-electron chi connectivity index (χ4n) is 1.80. The topological polar surface area (TPSA) is 20.2 Å². The summed E-state index contributed by atoms with van der Waals surface area (Å²) in [6.07, 6.45) is -1.07. The first-order valence-corrected chi connectivity index (χ1v) is 7.45. The highest BCUT2D eigenvalue weighted by Gasteiger charge is 2.19. The van der Waals surface area contributed by atoms with Crippen LogP contribution in [-0.4, -0.2) is 5.11 Å². The standard InChI is InChI=1S/C14H10Br2ClFO/c1-7-3-2-4-8(13(7)16)14(19)9-5-11(17)10(15)6-12(9)18/h2-6,14,19H,1H3. The van der Waals surface area contributed by atoms with Crippen molar-refractivity contribution in [1.82, 2.24) is 0 Å². The number of aliphatic hydroxyl groups excluding tert-OH is 1. The fourth-order valence-corrected chi connectivity index (χ4v) is 2.77. The second-order valence-corrected chi connectivity index (χ2v) is 6.22. The number of benzene rings is 2. The highest BCUT2D eigenvalue weighted by molar-refractivity contribution is 9.10. The number of hydrogen-bond donors (Lipinski definition) is 1. The van der Waals surface area contributed by atoms with E-state index in [4.69, 9.17) is 11.6 Å². The molecular weight excluding hydrogens is 398 g/mol. The molecule has 100 valence electrons. The van der Waals surface area contributed by atoms with Gasteiger partial charge in [0.1, 0.15) is 11.9 Å². The number of halogens is 4. The van der Waals surface area contributed by atoms with Crippen LogP contribution in [0.1, 0.15) is 22.8 Å². The van der Waals surface area contributed by atoms with E-state index in [1.807, 2.05) is 19.1 Å². The van der Waals surface area contributed by atoms with E-state index in [-0.39, 0.29) is 5.56 Å². The molecule has 2 rings (SSSR count). The maximum absolute atomic E-state index is 13.9. The third-order valence-electron chi connectivity index (χ3n) is 2.85. The second kappa shape index (κ2) is 5.92. The lowest BCUT2D eigenvalue weighted by Crippen LogP contribution is -2.04. The third-order valence-corrected chi connectivity index (χ3v) is 5.13. The van der Waals surface area contributed by atoms with Gasteiger partial charge in [0.15, 0.2) is 0 Å². The quantitative estimate of drug-likeness (QED) is 0.660. The minimum absolute atomic E-state index is 0.152. The fraction of sp³-hybridized carbons (Fsp3) is 0.143. The van der Waals surface area contributed by atoms with Gasteiger partial charge in [0.05, 0.1) is 5.02 Å². The summed E-state index contributed by atoms with van der Waals surface area (Å²) in [5.74, 6) is -0.503. The number of aryl methyl sites for hydroxylation is 1. The van der Waals surface area contributed by atoms with E-state index >= 15 is 0 Å². The van der Waals surface area contributed by atoms with Crippen molar-refractivity contribution in [2.45, 2.75) is 13.0 Å². The zero-order valence-corrected chi connectivity index (χ0v) is 13.9. The molecule has 0 fully saturated rings. The van der Waals surface area contributed by atoms with Crippen molar-refractivity contribution >= 4 is 43.5 Å². The van der Waals surface area contributed by atoms with Gasteiger partial charge in [-0.3, -0.25) is 0 Å². The van der Waals surface area contributed by atoms with Crippen LogP contribution in [-0.2, 0) is 0 Å². The molecule has 0 aromatic heterocycles. The van der Waals surface area contributed by atoms with E-state index in [0.29, 0.717) is 15.1 Å². The van der Waals surface area contributed by atoms with Gasteiger partial charge >= 0.3 is 0 Å². The molecule has 2 aromatic rings. The maximum atomic E-state index is 13.9. The molecule has 1 nitrogen and oxygen atoms in total. The van der Waals surface area contributed by atoms with Crippen molar-refractivity contribution in [1.29, 1.82) is 0 Å². The predicted molar refractivity (Wildman–Crippen MR) is 82.1 cm³/mol. The summed E-state index contributed by atoms with van der Waals surface area (Å²) in [5.41, 5.74) is 1.73. The van der Waals surface area contributed by atoms with Crippen LogP contribution in [0.2, 0.25) is 5.02 Å². The molecule has 5 heteroatoms. The van der Waals surface area contributed by atoms with E-state index in [1.165, 1.54) is 12.1 Å². The summed E-state index contributed by atoms with van der Waals surface area (Å²) in [6.45, 7) is 1.91. The van der Waals surface area contributed by atoms with Crippen LogP contribution in [0, 0.1) is 12.7 Å². The zero-order chi connectivity index (χ0) is 14.2. The van der Waals surface area contributed by atoms with Gasteiger partial charge in [-0.2, -0.15) is 0 Å². The Balaban J connectivity index is 2.53. The molecule has 0 aliphatic rings. The van der Waals surface area contributed by atoms with Crippen molar-refractivity contribution in [3.8, 4) is 0 Å². The second-order valence-electron chi connectivity index (χ2n) is 4.17. The molecular formula is C14H10Br2ClFO. The molecule has 0 aliphatic heterocycles. The van der Waals surface area contributed by atoms with Gasteiger partial charge in [0.25, 0.3) is 0 Å². The normalized spacial score (nSPS) is 12.5. The largest absolute Gasteiger partial charge is 0.384 e. The van der Waals surface area contributed by atoms with Crippen LogP contribution in [0.3, 0.4) is 0 Å². The van der Waals surface area contributed by atoms with Gasteiger partial charge in [-0.25, -0.2) is 4.39 Å². The highest BCUT2D eigenvalue weighted by atomic mass is 79.9. The number of aliphatic hydroxyl groups is 1. The van der Waals surface area contributed by atoms with Crippen molar-refractivity contribution in [2.75, 3.05) is 0 Å². The SMILES string of the molecule is Cc1cccc(C(O)c2cc(Cl)c(Br)cc2F)c1Br. The van der Waals surface area contributed by atoms with Crippen molar-refractivity contribution < 1.29 is 9.50 Å². The Kier molecular flexibility index (Phi) is 4.66. The van der Waals surface area contributed by atoms with Crippen LogP contribution in [0.25, 0.3) is 0 Å². The first-order valence-electron chi connectivity index (χ1n) is 5.49. The zero-order valence-electron chi connectivity index (χ0n) is 9.92. The van der Waals surface area contributed by atoms with Gasteiger partial charge in [0.2, 0.25) is 0 Å². The maximum Gasteiger partial charge on any atom is 0.130 e. The molecule has 0 bridgehead atoms. The van der Waals surface area contributed by atoms with Crippen LogP contribution < -0.4 is 0 Å². The summed E-state index contributed by atoms with van der Waals surface area (Å²) in [4.78, 5) is 0. The molecule has 1 atom stereocenters. The molecule has 2 aromatic carbocycles. The van der Waals surface area contributed by atoms with E-state index in [9.17, 15) is 9.50 Å². The van der Waals surface area contributed by atoms with Crippen molar-refractivity contribution in [3.05, 3.63) is 66.8 Å². The Morgan fingerprint density at radius 3 is 2.58 bits per heavy atom. The first-order chi connectivity index (χ1) is 8.91. The van der Waals surface area contributed by atoms with Crippen LogP contribution >= 0.6 is 43.5 Å². The molecule has 19 heavy (non-hydrogen) atoms. The lowest BCUT2D eigenvalue weighted by Gasteiger charge is -2.16. The van der Waals surface area contributed by atoms with Crippen molar-refractivity contribution in [2.24, 2.45) is 0 Å². The molecule has 0 spiro atoms. The van der Waals surface area contributed by atoms with E-state index < -0.39 is 11.9 Å². The Hall–Kier alpha value is -0.420.